The zero-order chi connectivity index (χ0) is 18.8. The van der Waals surface area contributed by atoms with Gasteiger partial charge < -0.3 is 4.90 Å². The van der Waals surface area contributed by atoms with Crippen LogP contribution in [-0.2, 0) is 0 Å². The molecular weight excluding hydrogens is 343 g/mol. The minimum absolute atomic E-state index is 0.0203. The second-order valence-electron chi connectivity index (χ2n) is 6.95. The predicted octanol–water partition coefficient (Wildman–Crippen LogP) is 4.20. The number of ketones is 1. The van der Waals surface area contributed by atoms with Gasteiger partial charge in [0.15, 0.2) is 5.78 Å². The summed E-state index contributed by atoms with van der Waals surface area (Å²) >= 11 is 0. The average molecular weight is 364 g/mol. The van der Waals surface area contributed by atoms with E-state index in [4.69, 9.17) is 0 Å². The fraction of sp³-hybridized carbons (Fsp3) is 0.286. The van der Waals surface area contributed by atoms with Crippen LogP contribution in [0, 0.1) is 5.82 Å². The largest absolute Gasteiger partial charge is 0.356 e. The van der Waals surface area contributed by atoms with Crippen LogP contribution >= 0.6 is 0 Å². The van der Waals surface area contributed by atoms with Gasteiger partial charge >= 0.3 is 0 Å². The van der Waals surface area contributed by atoms with Crippen molar-refractivity contribution in [1.29, 1.82) is 0 Å². The minimum atomic E-state index is -0.243. The molecule has 3 aromatic rings. The molecule has 27 heavy (non-hydrogen) atoms. The van der Waals surface area contributed by atoms with Gasteiger partial charge in [-0.2, -0.15) is 5.10 Å². The normalized spacial score (nSPS) is 17.1. The third-order valence-electron chi connectivity index (χ3n) is 5.13. The van der Waals surface area contributed by atoms with Gasteiger partial charge in [0, 0.05) is 42.0 Å². The molecule has 1 atom stereocenters. The van der Waals surface area contributed by atoms with E-state index in [0.29, 0.717) is 5.56 Å². The molecule has 5 nitrogen and oxygen atoms in total. The van der Waals surface area contributed by atoms with Crippen LogP contribution in [0.1, 0.15) is 41.7 Å². The lowest BCUT2D eigenvalue weighted by Gasteiger charge is -2.33. The number of carbonyl (C=O) groups excluding carboxylic acids is 1. The lowest BCUT2D eigenvalue weighted by Crippen LogP contribution is -2.35. The fourth-order valence-electron chi connectivity index (χ4n) is 3.67. The molecule has 1 fully saturated rings. The van der Waals surface area contributed by atoms with Crippen LogP contribution in [-0.4, -0.2) is 34.1 Å². The van der Waals surface area contributed by atoms with Crippen LogP contribution in [0.15, 0.2) is 48.8 Å². The third kappa shape index (κ3) is 3.60. The Kier molecular flexibility index (Phi) is 4.71. The highest BCUT2D eigenvalue weighted by atomic mass is 19.1. The summed E-state index contributed by atoms with van der Waals surface area (Å²) in [6, 6.07) is 10.2. The van der Waals surface area contributed by atoms with E-state index >= 15 is 0 Å². The Balaban J connectivity index is 1.56. The van der Waals surface area contributed by atoms with Gasteiger partial charge in [-0.15, -0.1) is 0 Å². The molecule has 0 saturated carbocycles. The average Bonchev–Trinajstić information content (AvgIpc) is 3.18. The van der Waals surface area contributed by atoms with Crippen molar-refractivity contribution in [2.24, 2.45) is 0 Å². The molecular formula is C21H21FN4O. The van der Waals surface area contributed by atoms with Gasteiger partial charge in [-0.3, -0.25) is 9.89 Å². The molecule has 0 aliphatic carbocycles. The van der Waals surface area contributed by atoms with Crippen LogP contribution in [0.4, 0.5) is 10.2 Å². The van der Waals surface area contributed by atoms with Crippen LogP contribution < -0.4 is 4.90 Å². The molecule has 3 heterocycles. The number of carbonyl (C=O) groups is 1. The molecule has 0 amide bonds. The molecule has 0 spiro atoms. The molecule has 0 radical (unpaired) electrons. The van der Waals surface area contributed by atoms with E-state index in [-0.39, 0.29) is 17.5 Å². The van der Waals surface area contributed by atoms with Crippen molar-refractivity contribution < 1.29 is 9.18 Å². The van der Waals surface area contributed by atoms with Crippen LogP contribution in [0.25, 0.3) is 11.1 Å². The Hall–Kier alpha value is -3.02. The van der Waals surface area contributed by atoms with Crippen LogP contribution in [0.3, 0.4) is 0 Å². The van der Waals surface area contributed by atoms with E-state index in [1.807, 2.05) is 12.1 Å². The molecule has 1 aromatic carbocycles. The molecule has 4 rings (SSSR count). The minimum Gasteiger partial charge on any atom is -0.356 e. The number of rotatable bonds is 4. The summed E-state index contributed by atoms with van der Waals surface area (Å²) < 4.78 is 13.2. The number of anilines is 1. The van der Waals surface area contributed by atoms with Crippen molar-refractivity contribution in [2.75, 3.05) is 18.0 Å². The molecule has 2 aromatic heterocycles. The highest BCUT2D eigenvalue weighted by Crippen LogP contribution is 2.34. The molecule has 1 aliphatic heterocycles. The number of benzene rings is 1. The standard InChI is InChI=1S/C21H21FN4O/c1-14(27)16-6-9-20(23-11-16)26-10-2-3-17(13-26)21-19(12-24-25-21)15-4-7-18(22)8-5-15/h4-9,11-12,17H,2-3,10,13H2,1H3,(H,24,25)/t17-/m1/s1. The number of hydrogen-bond acceptors (Lipinski definition) is 4. The summed E-state index contributed by atoms with van der Waals surface area (Å²) in [6.45, 7) is 3.30. The van der Waals surface area contributed by atoms with Crippen molar-refractivity contribution in [3.63, 3.8) is 0 Å². The maximum atomic E-state index is 13.2. The monoisotopic (exact) mass is 364 g/mol. The number of halogens is 1. The molecule has 6 heteroatoms. The summed E-state index contributed by atoms with van der Waals surface area (Å²) in [7, 11) is 0. The lowest BCUT2D eigenvalue weighted by molar-refractivity contribution is 0.101. The van der Waals surface area contributed by atoms with Crippen LogP contribution in [0.2, 0.25) is 0 Å². The Morgan fingerprint density at radius 1 is 1.19 bits per heavy atom. The third-order valence-corrected chi connectivity index (χ3v) is 5.13. The van der Waals surface area contributed by atoms with E-state index < -0.39 is 0 Å². The van der Waals surface area contributed by atoms with Gasteiger partial charge in [-0.25, -0.2) is 9.37 Å². The molecule has 1 N–H and O–H groups in total. The fourth-order valence-corrected chi connectivity index (χ4v) is 3.67. The van der Waals surface area contributed by atoms with Crippen molar-refractivity contribution in [2.45, 2.75) is 25.7 Å². The van der Waals surface area contributed by atoms with Crippen LogP contribution in [0.5, 0.6) is 0 Å². The second kappa shape index (κ2) is 7.31. The predicted molar refractivity (Wildman–Crippen MR) is 102 cm³/mol. The summed E-state index contributed by atoms with van der Waals surface area (Å²) in [6.07, 6.45) is 5.55. The first-order valence-corrected chi connectivity index (χ1v) is 9.13. The van der Waals surface area contributed by atoms with Gasteiger partial charge in [0.25, 0.3) is 0 Å². The molecule has 0 bridgehead atoms. The number of nitrogens with zero attached hydrogens (tertiary/aromatic N) is 3. The number of aromatic nitrogens is 3. The van der Waals surface area contributed by atoms with Crippen molar-refractivity contribution >= 4 is 11.6 Å². The zero-order valence-electron chi connectivity index (χ0n) is 15.2. The Labute approximate surface area is 157 Å². The van der Waals surface area contributed by atoms with Gasteiger partial charge in [0.1, 0.15) is 11.6 Å². The smallest absolute Gasteiger partial charge is 0.161 e. The number of nitrogens with one attached hydrogen (secondary N) is 1. The van der Waals surface area contributed by atoms with Crippen molar-refractivity contribution in [3.8, 4) is 11.1 Å². The number of aromatic amines is 1. The SMILES string of the molecule is CC(=O)c1ccc(N2CCC[C@@H](c3[nH]ncc3-c3ccc(F)cc3)C2)nc1. The molecule has 1 aliphatic rings. The highest BCUT2D eigenvalue weighted by molar-refractivity contribution is 5.93. The highest BCUT2D eigenvalue weighted by Gasteiger charge is 2.26. The summed E-state index contributed by atoms with van der Waals surface area (Å²) in [4.78, 5) is 18.2. The van der Waals surface area contributed by atoms with Gasteiger partial charge in [0.05, 0.1) is 6.20 Å². The van der Waals surface area contributed by atoms with E-state index in [1.54, 1.807) is 31.5 Å². The first-order chi connectivity index (χ1) is 13.1. The zero-order valence-corrected chi connectivity index (χ0v) is 15.2. The topological polar surface area (TPSA) is 61.9 Å². The summed E-state index contributed by atoms with van der Waals surface area (Å²) in [5.74, 6) is 0.947. The summed E-state index contributed by atoms with van der Waals surface area (Å²) in [5, 5.41) is 7.38. The molecule has 0 unspecified atom stereocenters. The second-order valence-corrected chi connectivity index (χ2v) is 6.95. The summed E-state index contributed by atoms with van der Waals surface area (Å²) in [5.41, 5.74) is 3.68. The van der Waals surface area contributed by atoms with Gasteiger partial charge in [-0.1, -0.05) is 12.1 Å². The first kappa shape index (κ1) is 17.4. The lowest BCUT2D eigenvalue weighted by atomic mass is 9.90. The van der Waals surface area contributed by atoms with Crippen molar-refractivity contribution in [1.82, 2.24) is 15.2 Å². The van der Waals surface area contributed by atoms with Gasteiger partial charge in [0.2, 0.25) is 0 Å². The van der Waals surface area contributed by atoms with E-state index in [1.165, 1.54) is 12.1 Å². The van der Waals surface area contributed by atoms with E-state index in [9.17, 15) is 9.18 Å². The number of pyridine rings is 1. The number of piperidine rings is 1. The maximum absolute atomic E-state index is 13.2. The first-order valence-electron chi connectivity index (χ1n) is 9.13. The number of Topliss-reactive ketones (excluding diaryl/α,β-unsaturated/α-hetero) is 1. The maximum Gasteiger partial charge on any atom is 0.161 e. The Morgan fingerprint density at radius 3 is 2.70 bits per heavy atom. The molecule has 138 valence electrons. The molecule has 1 saturated heterocycles. The van der Waals surface area contributed by atoms with Crippen molar-refractivity contribution in [3.05, 3.63) is 65.9 Å². The van der Waals surface area contributed by atoms with Gasteiger partial charge in [-0.05, 0) is 49.6 Å². The van der Waals surface area contributed by atoms with E-state index in [2.05, 4.69) is 20.1 Å². The number of hydrogen-bond donors (Lipinski definition) is 1. The quantitative estimate of drug-likeness (QED) is 0.705. The Morgan fingerprint density at radius 2 is 2.00 bits per heavy atom. The Bertz CT molecular complexity index is 934. The van der Waals surface area contributed by atoms with E-state index in [0.717, 1.165) is 48.6 Å². The number of H-pyrrole nitrogens is 1.